The van der Waals surface area contributed by atoms with E-state index in [0.29, 0.717) is 6.54 Å². The molecule has 12 heavy (non-hydrogen) atoms. The first-order chi connectivity index (χ1) is 5.79. The molecule has 0 atom stereocenters. The van der Waals surface area contributed by atoms with Crippen LogP contribution in [0.1, 0.15) is 0 Å². The molecule has 0 aromatic rings. The molecule has 0 aromatic heterocycles. The van der Waals surface area contributed by atoms with E-state index in [1.54, 1.807) is 11.3 Å². The molecule has 0 radical (unpaired) electrons. The molecule has 6 nitrogen and oxygen atoms in total. The van der Waals surface area contributed by atoms with Crippen LogP contribution in [0, 0.1) is 0 Å². The van der Waals surface area contributed by atoms with E-state index in [0.717, 1.165) is 24.7 Å². The number of rotatable bonds is 0. The zero-order chi connectivity index (χ0) is 8.81. The van der Waals surface area contributed by atoms with E-state index in [9.17, 15) is 0 Å². The molecule has 0 saturated carbocycles. The Morgan fingerprint density at radius 3 is 2.00 bits per heavy atom. The number of hydrogen-bond acceptors (Lipinski definition) is 6. The zero-order valence-electron chi connectivity index (χ0n) is 6.80. The first-order valence-corrected chi connectivity index (χ1v) is 3.76. The summed E-state index contributed by atoms with van der Waals surface area (Å²) in [6.45, 7) is 3.12. The Morgan fingerprint density at radius 2 is 1.83 bits per heavy atom. The molecule has 0 bridgehead atoms. The standard InChI is InChI=1S/C3H7N3.C3H6N2O/c4-6-2-1-5-3-6;6-5-2-1-4-3-5/h3H,1-2,4H2;3,6H,1-2H2. The smallest absolute Gasteiger partial charge is 0.110 e. The molecule has 0 aliphatic carbocycles. The van der Waals surface area contributed by atoms with Crippen molar-refractivity contribution in [1.82, 2.24) is 10.1 Å². The second-order valence-electron chi connectivity index (χ2n) is 2.44. The van der Waals surface area contributed by atoms with Crippen molar-refractivity contribution in [3.05, 3.63) is 0 Å². The molecule has 2 aliphatic heterocycles. The maximum atomic E-state index is 8.41. The van der Waals surface area contributed by atoms with Crippen LogP contribution in [0.25, 0.3) is 0 Å². The van der Waals surface area contributed by atoms with Crippen LogP contribution in [0.15, 0.2) is 9.98 Å². The predicted molar refractivity (Wildman–Crippen MR) is 46.1 cm³/mol. The van der Waals surface area contributed by atoms with Crippen LogP contribution < -0.4 is 5.84 Å². The SMILES string of the molecule is NN1C=NCC1.ON1C=NCC1. The lowest BCUT2D eigenvalue weighted by atomic mass is 10.7. The van der Waals surface area contributed by atoms with Crippen LogP contribution in [0.3, 0.4) is 0 Å². The van der Waals surface area contributed by atoms with Gasteiger partial charge in [-0.25, -0.2) is 10.9 Å². The number of aliphatic imine (C=N–C) groups is 2. The van der Waals surface area contributed by atoms with Crippen molar-refractivity contribution in [1.29, 1.82) is 0 Å². The van der Waals surface area contributed by atoms with Crippen molar-refractivity contribution in [2.45, 2.75) is 0 Å². The highest BCUT2D eigenvalue weighted by Crippen LogP contribution is 1.84. The summed E-state index contributed by atoms with van der Waals surface area (Å²) in [5.74, 6) is 5.22. The van der Waals surface area contributed by atoms with Gasteiger partial charge in [0.2, 0.25) is 0 Å². The molecule has 0 unspecified atom stereocenters. The van der Waals surface area contributed by atoms with Gasteiger partial charge < -0.3 is 0 Å². The molecule has 0 amide bonds. The Hall–Kier alpha value is -1.14. The largest absolute Gasteiger partial charge is 0.299 e. The fourth-order valence-electron chi connectivity index (χ4n) is 0.763. The molecule has 68 valence electrons. The third-order valence-corrected chi connectivity index (χ3v) is 1.39. The Morgan fingerprint density at radius 1 is 1.17 bits per heavy atom. The van der Waals surface area contributed by atoms with E-state index in [-0.39, 0.29) is 0 Å². The first-order valence-electron chi connectivity index (χ1n) is 3.76. The summed E-state index contributed by atoms with van der Waals surface area (Å²) in [6, 6.07) is 0. The predicted octanol–water partition coefficient (Wildman–Crippen LogP) is -1.08. The summed E-state index contributed by atoms with van der Waals surface area (Å²) < 4.78 is 0. The van der Waals surface area contributed by atoms with Crippen molar-refractivity contribution in [2.75, 3.05) is 26.2 Å². The van der Waals surface area contributed by atoms with Gasteiger partial charge in [0.1, 0.15) is 6.34 Å². The Bertz CT molecular complexity index is 161. The number of hydrazine groups is 1. The molecular weight excluding hydrogens is 158 g/mol. The fraction of sp³-hybridized carbons (Fsp3) is 0.667. The van der Waals surface area contributed by atoms with Crippen LogP contribution in [0.2, 0.25) is 0 Å². The molecular formula is C6H13N5O. The summed E-state index contributed by atoms with van der Waals surface area (Å²) in [6.07, 6.45) is 3.06. The molecule has 0 spiro atoms. The molecule has 0 aromatic carbocycles. The normalized spacial score (nSPS) is 19.8. The van der Waals surface area contributed by atoms with Gasteiger partial charge in [-0.3, -0.25) is 20.2 Å². The Labute approximate surface area is 70.9 Å². The molecule has 2 aliphatic rings. The quantitative estimate of drug-likeness (QED) is 0.455. The van der Waals surface area contributed by atoms with E-state index >= 15 is 0 Å². The summed E-state index contributed by atoms with van der Waals surface area (Å²) >= 11 is 0. The lowest BCUT2D eigenvalue weighted by Gasteiger charge is -1.99. The summed E-state index contributed by atoms with van der Waals surface area (Å²) in [5, 5.41) is 11.1. The molecule has 2 heterocycles. The van der Waals surface area contributed by atoms with E-state index in [1.807, 2.05) is 0 Å². The van der Waals surface area contributed by atoms with Crippen molar-refractivity contribution in [3.8, 4) is 0 Å². The highest BCUT2D eigenvalue weighted by atomic mass is 16.5. The van der Waals surface area contributed by atoms with E-state index in [4.69, 9.17) is 11.0 Å². The second-order valence-corrected chi connectivity index (χ2v) is 2.44. The number of hydroxylamine groups is 2. The molecule has 6 heteroatoms. The van der Waals surface area contributed by atoms with Crippen molar-refractivity contribution in [3.63, 3.8) is 0 Å². The highest BCUT2D eigenvalue weighted by Gasteiger charge is 1.96. The average Bonchev–Trinajstić information content (AvgIpc) is 2.63. The third kappa shape index (κ3) is 3.31. The maximum absolute atomic E-state index is 8.41. The minimum absolute atomic E-state index is 0.653. The van der Waals surface area contributed by atoms with E-state index in [2.05, 4.69) is 9.98 Å². The molecule has 3 N–H and O–H groups in total. The van der Waals surface area contributed by atoms with Gasteiger partial charge >= 0.3 is 0 Å². The number of nitrogens with two attached hydrogens (primary N) is 1. The van der Waals surface area contributed by atoms with Crippen molar-refractivity contribution in [2.24, 2.45) is 15.8 Å². The average molecular weight is 171 g/mol. The van der Waals surface area contributed by atoms with Gasteiger partial charge in [0, 0.05) is 0 Å². The van der Waals surface area contributed by atoms with Crippen LogP contribution in [-0.4, -0.2) is 54.1 Å². The van der Waals surface area contributed by atoms with Gasteiger partial charge in [-0.2, -0.15) is 0 Å². The van der Waals surface area contributed by atoms with Crippen LogP contribution in [0.5, 0.6) is 0 Å². The lowest BCUT2D eigenvalue weighted by molar-refractivity contribution is 0.00310. The Kier molecular flexibility index (Phi) is 3.49. The van der Waals surface area contributed by atoms with E-state index in [1.165, 1.54) is 6.34 Å². The van der Waals surface area contributed by atoms with Crippen LogP contribution in [-0.2, 0) is 0 Å². The van der Waals surface area contributed by atoms with Gasteiger partial charge in [0.25, 0.3) is 0 Å². The topological polar surface area (TPSA) is 77.4 Å². The maximum Gasteiger partial charge on any atom is 0.110 e. The molecule has 2 rings (SSSR count). The summed E-state index contributed by atoms with van der Waals surface area (Å²) in [4.78, 5) is 7.56. The second kappa shape index (κ2) is 4.68. The fourth-order valence-corrected chi connectivity index (χ4v) is 0.763. The van der Waals surface area contributed by atoms with Gasteiger partial charge in [-0.15, -0.1) is 0 Å². The van der Waals surface area contributed by atoms with E-state index < -0.39 is 0 Å². The lowest BCUT2D eigenvalue weighted by Crippen LogP contribution is -2.26. The van der Waals surface area contributed by atoms with Crippen molar-refractivity contribution < 1.29 is 5.21 Å². The molecule has 0 saturated heterocycles. The first kappa shape index (κ1) is 8.95. The van der Waals surface area contributed by atoms with Gasteiger partial charge in [-0.05, 0) is 0 Å². The summed E-state index contributed by atoms with van der Waals surface area (Å²) in [7, 11) is 0. The Balaban J connectivity index is 0.000000120. The minimum Gasteiger partial charge on any atom is -0.299 e. The van der Waals surface area contributed by atoms with Gasteiger partial charge in [0.05, 0.1) is 32.5 Å². The minimum atomic E-state index is 0.653. The molecule has 0 fully saturated rings. The highest BCUT2D eigenvalue weighted by molar-refractivity contribution is 5.55. The summed E-state index contributed by atoms with van der Waals surface area (Å²) in [5.41, 5.74) is 0. The zero-order valence-corrected chi connectivity index (χ0v) is 6.80. The van der Waals surface area contributed by atoms with Gasteiger partial charge in [0.15, 0.2) is 0 Å². The number of nitrogens with zero attached hydrogens (tertiary/aromatic N) is 4. The van der Waals surface area contributed by atoms with Crippen molar-refractivity contribution >= 4 is 12.7 Å². The monoisotopic (exact) mass is 171 g/mol. The number of hydrogen-bond donors (Lipinski definition) is 2. The van der Waals surface area contributed by atoms with Gasteiger partial charge in [-0.1, -0.05) is 0 Å². The van der Waals surface area contributed by atoms with Crippen LogP contribution >= 0.6 is 0 Å². The van der Waals surface area contributed by atoms with Crippen LogP contribution in [0.4, 0.5) is 0 Å². The third-order valence-electron chi connectivity index (χ3n) is 1.39.